The number of anilines is 2. The van der Waals surface area contributed by atoms with Gasteiger partial charge in [0.2, 0.25) is 0 Å². The van der Waals surface area contributed by atoms with Gasteiger partial charge in [0, 0.05) is 30.5 Å². The first kappa shape index (κ1) is 13.2. The molecule has 0 unspecified atom stereocenters. The fourth-order valence-corrected chi connectivity index (χ4v) is 2.82. The third-order valence-corrected chi connectivity index (χ3v) is 3.84. The number of hydrogen-bond acceptors (Lipinski definition) is 3. The van der Waals surface area contributed by atoms with Crippen molar-refractivity contribution in [1.29, 1.82) is 0 Å². The highest BCUT2D eigenvalue weighted by Crippen LogP contribution is 2.22. The standard InChI is InChI=1S/C15H25N3/c1-12-9-13(16)11-14(10-12)17-7-8-18(2)15-5-3-4-6-15/h9-11,15,17H,3-8,16H2,1-2H3. The molecule has 1 saturated carbocycles. The zero-order valence-electron chi connectivity index (χ0n) is 11.6. The molecule has 1 aromatic rings. The molecule has 3 nitrogen and oxygen atoms in total. The fourth-order valence-electron chi connectivity index (χ4n) is 2.82. The van der Waals surface area contributed by atoms with Crippen LogP contribution in [0.25, 0.3) is 0 Å². The molecule has 0 atom stereocenters. The van der Waals surface area contributed by atoms with Crippen LogP contribution in [0.1, 0.15) is 31.2 Å². The van der Waals surface area contributed by atoms with Crippen LogP contribution in [0.3, 0.4) is 0 Å². The highest BCUT2D eigenvalue weighted by molar-refractivity contribution is 5.56. The SMILES string of the molecule is Cc1cc(N)cc(NCCN(C)C2CCCC2)c1. The van der Waals surface area contributed by atoms with E-state index in [-0.39, 0.29) is 0 Å². The van der Waals surface area contributed by atoms with Crippen LogP contribution in [0.5, 0.6) is 0 Å². The Morgan fingerprint density at radius 3 is 2.67 bits per heavy atom. The summed E-state index contributed by atoms with van der Waals surface area (Å²) in [5.41, 5.74) is 9.02. The predicted octanol–water partition coefficient (Wildman–Crippen LogP) is 2.86. The first-order chi connectivity index (χ1) is 8.65. The Bertz CT molecular complexity index is 363. The zero-order chi connectivity index (χ0) is 13.0. The van der Waals surface area contributed by atoms with Crippen molar-refractivity contribution in [2.75, 3.05) is 31.2 Å². The summed E-state index contributed by atoms with van der Waals surface area (Å²) in [7, 11) is 2.24. The molecule has 0 aromatic heterocycles. The number of benzene rings is 1. The molecular formula is C15H25N3. The van der Waals surface area contributed by atoms with E-state index in [0.717, 1.165) is 30.5 Å². The van der Waals surface area contributed by atoms with Crippen molar-refractivity contribution in [3.63, 3.8) is 0 Å². The summed E-state index contributed by atoms with van der Waals surface area (Å²) in [6, 6.07) is 6.94. The third kappa shape index (κ3) is 3.64. The van der Waals surface area contributed by atoms with E-state index in [2.05, 4.69) is 30.3 Å². The quantitative estimate of drug-likeness (QED) is 0.786. The zero-order valence-corrected chi connectivity index (χ0v) is 11.6. The lowest BCUT2D eigenvalue weighted by Gasteiger charge is -2.24. The largest absolute Gasteiger partial charge is 0.399 e. The van der Waals surface area contributed by atoms with Gasteiger partial charge in [-0.1, -0.05) is 12.8 Å². The van der Waals surface area contributed by atoms with E-state index in [0.29, 0.717) is 0 Å². The van der Waals surface area contributed by atoms with Crippen molar-refractivity contribution in [2.45, 2.75) is 38.6 Å². The lowest BCUT2D eigenvalue weighted by molar-refractivity contribution is 0.254. The molecule has 0 bridgehead atoms. The van der Waals surface area contributed by atoms with Crippen molar-refractivity contribution in [3.8, 4) is 0 Å². The van der Waals surface area contributed by atoms with Gasteiger partial charge in [-0.05, 0) is 50.6 Å². The van der Waals surface area contributed by atoms with Crippen molar-refractivity contribution in [1.82, 2.24) is 4.90 Å². The van der Waals surface area contributed by atoms with E-state index in [1.807, 2.05) is 12.1 Å². The molecule has 1 aliphatic rings. The van der Waals surface area contributed by atoms with Crippen LogP contribution < -0.4 is 11.1 Å². The maximum Gasteiger partial charge on any atom is 0.0363 e. The summed E-state index contributed by atoms with van der Waals surface area (Å²) in [6.07, 6.45) is 5.54. The molecule has 3 heteroatoms. The Kier molecular flexibility index (Phi) is 4.48. The number of likely N-dealkylation sites (N-methyl/N-ethyl adjacent to an activating group) is 1. The van der Waals surface area contributed by atoms with Gasteiger partial charge >= 0.3 is 0 Å². The number of rotatable bonds is 5. The third-order valence-electron chi connectivity index (χ3n) is 3.84. The Hall–Kier alpha value is -1.22. The maximum absolute atomic E-state index is 5.84. The highest BCUT2D eigenvalue weighted by atomic mass is 15.1. The van der Waals surface area contributed by atoms with Crippen molar-refractivity contribution >= 4 is 11.4 Å². The van der Waals surface area contributed by atoms with E-state index in [4.69, 9.17) is 5.73 Å². The van der Waals surface area contributed by atoms with Crippen LogP contribution in [0.2, 0.25) is 0 Å². The molecule has 1 aliphatic carbocycles. The average Bonchev–Trinajstić information content (AvgIpc) is 2.80. The van der Waals surface area contributed by atoms with Gasteiger partial charge in [0.05, 0.1) is 0 Å². The molecule has 2 rings (SSSR count). The summed E-state index contributed by atoms with van der Waals surface area (Å²) in [5, 5.41) is 3.46. The minimum atomic E-state index is 0.800. The molecule has 1 aromatic carbocycles. The van der Waals surface area contributed by atoms with Crippen molar-refractivity contribution < 1.29 is 0 Å². The van der Waals surface area contributed by atoms with Crippen molar-refractivity contribution in [3.05, 3.63) is 23.8 Å². The fraction of sp³-hybridized carbons (Fsp3) is 0.600. The van der Waals surface area contributed by atoms with Gasteiger partial charge in [0.25, 0.3) is 0 Å². The minimum absolute atomic E-state index is 0.800. The molecule has 0 radical (unpaired) electrons. The van der Waals surface area contributed by atoms with Crippen LogP contribution in [-0.4, -0.2) is 31.1 Å². The number of nitrogen functional groups attached to an aromatic ring is 1. The second-order valence-electron chi connectivity index (χ2n) is 5.48. The van der Waals surface area contributed by atoms with E-state index < -0.39 is 0 Å². The van der Waals surface area contributed by atoms with Gasteiger partial charge in [-0.25, -0.2) is 0 Å². The molecular weight excluding hydrogens is 222 g/mol. The predicted molar refractivity (Wildman–Crippen MR) is 79.0 cm³/mol. The molecule has 1 fully saturated rings. The summed E-state index contributed by atoms with van der Waals surface area (Å²) in [5.74, 6) is 0. The number of nitrogens with two attached hydrogens (primary N) is 1. The van der Waals surface area contributed by atoms with Crippen LogP contribution in [0, 0.1) is 6.92 Å². The van der Waals surface area contributed by atoms with Crippen molar-refractivity contribution in [2.24, 2.45) is 0 Å². The van der Waals surface area contributed by atoms with Crippen LogP contribution in [-0.2, 0) is 0 Å². The molecule has 0 aliphatic heterocycles. The number of aryl methyl sites for hydroxylation is 1. The minimum Gasteiger partial charge on any atom is -0.399 e. The van der Waals surface area contributed by atoms with Crippen LogP contribution in [0.15, 0.2) is 18.2 Å². The lowest BCUT2D eigenvalue weighted by Crippen LogP contribution is -2.33. The molecule has 0 spiro atoms. The summed E-state index contributed by atoms with van der Waals surface area (Å²) < 4.78 is 0. The normalized spacial score (nSPS) is 16.4. The molecule has 18 heavy (non-hydrogen) atoms. The van der Waals surface area contributed by atoms with Gasteiger partial charge in [0.15, 0.2) is 0 Å². The smallest absolute Gasteiger partial charge is 0.0363 e. The molecule has 0 heterocycles. The number of nitrogens with one attached hydrogen (secondary N) is 1. The number of hydrogen-bond donors (Lipinski definition) is 2. The van der Waals surface area contributed by atoms with Crippen LogP contribution >= 0.6 is 0 Å². The van der Waals surface area contributed by atoms with Gasteiger partial charge in [-0.3, -0.25) is 0 Å². The second kappa shape index (κ2) is 6.10. The Morgan fingerprint density at radius 1 is 1.28 bits per heavy atom. The van der Waals surface area contributed by atoms with Crippen LogP contribution in [0.4, 0.5) is 11.4 Å². The number of nitrogens with zero attached hydrogens (tertiary/aromatic N) is 1. The Morgan fingerprint density at radius 2 is 2.00 bits per heavy atom. The Balaban J connectivity index is 1.77. The Labute approximate surface area is 110 Å². The molecule has 0 amide bonds. The summed E-state index contributed by atoms with van der Waals surface area (Å²) in [6.45, 7) is 4.15. The average molecular weight is 247 g/mol. The molecule has 3 N–H and O–H groups in total. The molecule has 100 valence electrons. The van der Waals surface area contributed by atoms with Gasteiger partial charge in [-0.15, -0.1) is 0 Å². The van der Waals surface area contributed by atoms with E-state index >= 15 is 0 Å². The maximum atomic E-state index is 5.84. The van der Waals surface area contributed by atoms with E-state index in [1.54, 1.807) is 0 Å². The highest BCUT2D eigenvalue weighted by Gasteiger charge is 2.18. The molecule has 0 saturated heterocycles. The topological polar surface area (TPSA) is 41.3 Å². The first-order valence-corrected chi connectivity index (χ1v) is 6.96. The van der Waals surface area contributed by atoms with Gasteiger partial charge in [-0.2, -0.15) is 0 Å². The monoisotopic (exact) mass is 247 g/mol. The van der Waals surface area contributed by atoms with Gasteiger partial charge in [0.1, 0.15) is 0 Å². The second-order valence-corrected chi connectivity index (χ2v) is 5.48. The summed E-state index contributed by atoms with van der Waals surface area (Å²) in [4.78, 5) is 2.49. The van der Waals surface area contributed by atoms with Gasteiger partial charge < -0.3 is 16.0 Å². The summed E-state index contributed by atoms with van der Waals surface area (Å²) >= 11 is 0. The van der Waals surface area contributed by atoms with E-state index in [9.17, 15) is 0 Å². The lowest BCUT2D eigenvalue weighted by atomic mass is 10.2. The first-order valence-electron chi connectivity index (χ1n) is 6.96. The van der Waals surface area contributed by atoms with E-state index in [1.165, 1.54) is 31.2 Å².